The van der Waals surface area contributed by atoms with E-state index >= 15 is 0 Å². The third-order valence-electron chi connectivity index (χ3n) is 2.70. The fourth-order valence-corrected chi connectivity index (χ4v) is 4.14. The van der Waals surface area contributed by atoms with Gasteiger partial charge in [-0.15, -0.1) is 11.3 Å². The number of hydrogen-bond acceptors (Lipinski definition) is 4. The molecule has 1 atom stereocenters. The van der Waals surface area contributed by atoms with Crippen LogP contribution in [0.15, 0.2) is 12.1 Å². The number of thiophene rings is 1. The van der Waals surface area contributed by atoms with Gasteiger partial charge in [0.15, 0.2) is 15.6 Å². The summed E-state index contributed by atoms with van der Waals surface area (Å²) in [4.78, 5) is 12.4. The lowest BCUT2D eigenvalue weighted by atomic mass is 10.2. The number of carbonyl (C=O) groups excluding carboxylic acids is 1. The Morgan fingerprint density at radius 3 is 2.39 bits per heavy atom. The molecule has 1 aromatic rings. The molecule has 1 heterocycles. The third-order valence-corrected chi connectivity index (χ3v) is 6.05. The molecule has 1 unspecified atom stereocenters. The zero-order valence-corrected chi connectivity index (χ0v) is 13.0. The van der Waals surface area contributed by atoms with Gasteiger partial charge in [-0.25, -0.2) is 8.42 Å². The van der Waals surface area contributed by atoms with E-state index in [1.807, 2.05) is 13.8 Å². The van der Waals surface area contributed by atoms with Crippen molar-refractivity contribution in [2.24, 2.45) is 5.92 Å². The van der Waals surface area contributed by atoms with E-state index in [1.54, 1.807) is 12.1 Å². The van der Waals surface area contributed by atoms with Crippen LogP contribution in [0.25, 0.3) is 0 Å². The molecule has 0 aliphatic heterocycles. The fourth-order valence-electron chi connectivity index (χ4n) is 1.39. The highest BCUT2D eigenvalue weighted by Gasteiger charge is 2.29. The van der Waals surface area contributed by atoms with Crippen LogP contribution in [0.2, 0.25) is 4.34 Å². The van der Waals surface area contributed by atoms with Gasteiger partial charge in [0.25, 0.3) is 0 Å². The highest BCUT2D eigenvalue weighted by Crippen LogP contribution is 2.24. The van der Waals surface area contributed by atoms with E-state index in [-0.39, 0.29) is 11.5 Å². The Kier molecular flexibility index (Phi) is 5.37. The summed E-state index contributed by atoms with van der Waals surface area (Å²) >= 11 is 6.86. The van der Waals surface area contributed by atoms with Gasteiger partial charge in [-0.3, -0.25) is 4.79 Å². The molecule has 0 aromatic carbocycles. The highest BCUT2D eigenvalue weighted by atomic mass is 35.5. The number of sulfone groups is 1. The molecule has 102 valence electrons. The van der Waals surface area contributed by atoms with Gasteiger partial charge in [-0.2, -0.15) is 0 Å². The minimum Gasteiger partial charge on any atom is -0.292 e. The van der Waals surface area contributed by atoms with Crippen LogP contribution in [0.3, 0.4) is 0 Å². The normalized spacial score (nSPS) is 13.8. The summed E-state index contributed by atoms with van der Waals surface area (Å²) in [6, 6.07) is 3.18. The third kappa shape index (κ3) is 4.07. The maximum Gasteiger partial charge on any atom is 0.190 e. The predicted octanol–water partition coefficient (Wildman–Crippen LogP) is 3.43. The van der Waals surface area contributed by atoms with Crippen LogP contribution in [0.1, 0.15) is 36.9 Å². The summed E-state index contributed by atoms with van der Waals surface area (Å²) in [7, 11) is -3.38. The molecular formula is C12H17ClO3S2. The van der Waals surface area contributed by atoms with Gasteiger partial charge < -0.3 is 0 Å². The fraction of sp³-hybridized carbons (Fsp3) is 0.583. The molecule has 0 bridgehead atoms. The summed E-state index contributed by atoms with van der Waals surface area (Å²) in [5, 5.41) is -0.994. The first-order valence-corrected chi connectivity index (χ1v) is 8.66. The van der Waals surface area contributed by atoms with Gasteiger partial charge in [0.1, 0.15) is 5.25 Å². The molecule has 1 rings (SSSR count). The van der Waals surface area contributed by atoms with Crippen LogP contribution in [-0.2, 0) is 9.84 Å². The number of hydrogen-bond donors (Lipinski definition) is 0. The van der Waals surface area contributed by atoms with Crippen LogP contribution in [0.4, 0.5) is 0 Å². The number of halogens is 1. The van der Waals surface area contributed by atoms with Gasteiger partial charge >= 0.3 is 0 Å². The second-order valence-corrected chi connectivity index (χ2v) is 8.82. The van der Waals surface area contributed by atoms with Crippen LogP contribution in [0.5, 0.6) is 0 Å². The summed E-state index contributed by atoms with van der Waals surface area (Å²) in [6.07, 6.45) is 0.575. The van der Waals surface area contributed by atoms with Crippen molar-refractivity contribution >= 4 is 38.6 Å². The summed E-state index contributed by atoms with van der Waals surface area (Å²) in [6.45, 7) is 5.37. The van der Waals surface area contributed by atoms with Gasteiger partial charge in [0.2, 0.25) is 0 Å². The summed E-state index contributed by atoms with van der Waals surface area (Å²) in [5.74, 6) is -0.00893. The smallest absolute Gasteiger partial charge is 0.190 e. The average molecular weight is 309 g/mol. The first-order chi connectivity index (χ1) is 8.24. The molecule has 1 aromatic heterocycles. The predicted molar refractivity (Wildman–Crippen MR) is 76.4 cm³/mol. The molecule has 0 aliphatic rings. The number of Topliss-reactive ketones (excluding diaryl/α,β-unsaturated/α-hetero) is 1. The zero-order valence-electron chi connectivity index (χ0n) is 10.6. The second-order valence-electron chi connectivity index (χ2n) is 4.66. The van der Waals surface area contributed by atoms with E-state index in [0.29, 0.717) is 21.6 Å². The Morgan fingerprint density at radius 2 is 1.94 bits per heavy atom. The Balaban J connectivity index is 2.80. The van der Waals surface area contributed by atoms with E-state index < -0.39 is 15.1 Å². The Bertz CT molecular complexity index is 517. The van der Waals surface area contributed by atoms with Gasteiger partial charge in [0.05, 0.1) is 15.0 Å². The van der Waals surface area contributed by atoms with Crippen molar-refractivity contribution in [1.29, 1.82) is 0 Å². The van der Waals surface area contributed by atoms with E-state index in [4.69, 9.17) is 11.6 Å². The maximum absolute atomic E-state index is 12.0. The van der Waals surface area contributed by atoms with Gasteiger partial charge in [0, 0.05) is 0 Å². The monoisotopic (exact) mass is 308 g/mol. The van der Waals surface area contributed by atoms with E-state index in [9.17, 15) is 13.2 Å². The van der Waals surface area contributed by atoms with Crippen molar-refractivity contribution in [3.8, 4) is 0 Å². The molecule has 0 saturated heterocycles. The van der Waals surface area contributed by atoms with Gasteiger partial charge in [-0.05, 0) is 31.4 Å². The van der Waals surface area contributed by atoms with Crippen LogP contribution < -0.4 is 0 Å². The number of rotatable bonds is 6. The van der Waals surface area contributed by atoms with Crippen LogP contribution in [-0.4, -0.2) is 25.2 Å². The first-order valence-electron chi connectivity index (χ1n) is 5.75. The van der Waals surface area contributed by atoms with E-state index in [0.717, 1.165) is 11.3 Å². The van der Waals surface area contributed by atoms with Crippen molar-refractivity contribution in [1.82, 2.24) is 0 Å². The minimum absolute atomic E-state index is 0.0523. The van der Waals surface area contributed by atoms with E-state index in [1.165, 1.54) is 6.92 Å². The van der Waals surface area contributed by atoms with Crippen LogP contribution >= 0.6 is 22.9 Å². The molecule has 0 spiro atoms. The average Bonchev–Trinajstić information content (AvgIpc) is 2.71. The molecule has 0 radical (unpaired) electrons. The van der Waals surface area contributed by atoms with Crippen LogP contribution in [0, 0.1) is 5.92 Å². The van der Waals surface area contributed by atoms with Crippen molar-refractivity contribution in [2.75, 3.05) is 5.75 Å². The highest BCUT2D eigenvalue weighted by molar-refractivity contribution is 7.92. The Morgan fingerprint density at radius 1 is 1.33 bits per heavy atom. The Labute approximate surface area is 117 Å². The van der Waals surface area contributed by atoms with Crippen molar-refractivity contribution in [2.45, 2.75) is 32.4 Å². The maximum atomic E-state index is 12.0. The minimum atomic E-state index is -3.38. The molecule has 0 N–H and O–H groups in total. The van der Waals surface area contributed by atoms with Crippen molar-refractivity contribution in [3.05, 3.63) is 21.3 Å². The molecule has 3 nitrogen and oxygen atoms in total. The molecular weight excluding hydrogens is 292 g/mol. The first kappa shape index (κ1) is 15.7. The standard InChI is InChI=1S/C12H17ClO3S2/c1-8(2)6-7-18(15,16)9(3)12(14)10-4-5-11(13)17-10/h4-5,8-9H,6-7H2,1-3H3. The van der Waals surface area contributed by atoms with Crippen molar-refractivity contribution < 1.29 is 13.2 Å². The molecule has 0 fully saturated rings. The molecule has 0 saturated carbocycles. The Hall–Kier alpha value is -0.390. The zero-order chi connectivity index (χ0) is 13.9. The molecule has 6 heteroatoms. The number of ketones is 1. The second kappa shape index (κ2) is 6.17. The largest absolute Gasteiger partial charge is 0.292 e. The summed E-state index contributed by atoms with van der Waals surface area (Å²) in [5.41, 5.74) is 0. The molecule has 0 aliphatic carbocycles. The van der Waals surface area contributed by atoms with Crippen molar-refractivity contribution in [3.63, 3.8) is 0 Å². The lowest BCUT2D eigenvalue weighted by Gasteiger charge is -2.12. The van der Waals surface area contributed by atoms with Gasteiger partial charge in [-0.1, -0.05) is 25.4 Å². The SMILES string of the molecule is CC(C)CCS(=O)(=O)C(C)C(=O)c1ccc(Cl)s1. The molecule has 18 heavy (non-hydrogen) atoms. The quantitative estimate of drug-likeness (QED) is 0.756. The van der Waals surface area contributed by atoms with E-state index in [2.05, 4.69) is 0 Å². The lowest BCUT2D eigenvalue weighted by molar-refractivity contribution is 0.0995. The summed E-state index contributed by atoms with van der Waals surface area (Å²) < 4.78 is 24.5. The lowest BCUT2D eigenvalue weighted by Crippen LogP contribution is -2.29. The molecule has 0 amide bonds. The number of carbonyl (C=O) groups is 1. The topological polar surface area (TPSA) is 51.2 Å².